The van der Waals surface area contributed by atoms with Crippen molar-refractivity contribution in [1.29, 1.82) is 0 Å². The van der Waals surface area contributed by atoms with Gasteiger partial charge < -0.3 is 11.1 Å². The molecule has 0 radical (unpaired) electrons. The molecule has 1 aromatic rings. The third-order valence-corrected chi connectivity index (χ3v) is 1.75. The summed E-state index contributed by atoms with van der Waals surface area (Å²) >= 11 is 5.59. The van der Waals surface area contributed by atoms with E-state index < -0.39 is 4.92 Å². The maximum Gasteiger partial charge on any atom is 0.273 e. The van der Waals surface area contributed by atoms with Crippen LogP contribution < -0.4 is 11.1 Å². The van der Waals surface area contributed by atoms with E-state index >= 15 is 0 Å². The van der Waals surface area contributed by atoms with Crippen molar-refractivity contribution in [2.75, 3.05) is 0 Å². The molecular weight excluding hydrogens is 220 g/mol. The average Bonchev–Trinajstić information content (AvgIpc) is 2.16. The molecule has 0 aliphatic rings. The Morgan fingerprint density at radius 1 is 1.73 bits per heavy atom. The van der Waals surface area contributed by atoms with Crippen LogP contribution in [0.4, 0.5) is 0 Å². The van der Waals surface area contributed by atoms with Crippen molar-refractivity contribution in [2.24, 2.45) is 5.73 Å². The first-order valence-electron chi connectivity index (χ1n) is 4.03. The molecular formula is C8H9ClN4O2. The number of nitrogens with one attached hydrogen (secondary N) is 1. The highest BCUT2D eigenvalue weighted by Gasteiger charge is 1.97. The van der Waals surface area contributed by atoms with Gasteiger partial charge in [-0.3, -0.25) is 10.1 Å². The van der Waals surface area contributed by atoms with Gasteiger partial charge in [-0.2, -0.15) is 0 Å². The predicted octanol–water partition coefficient (Wildman–Crippen LogP) is 0.859. The van der Waals surface area contributed by atoms with E-state index in [1.165, 1.54) is 0 Å². The van der Waals surface area contributed by atoms with E-state index in [0.29, 0.717) is 17.9 Å². The second-order valence-electron chi connectivity index (χ2n) is 2.71. The smallest absolute Gasteiger partial charge is 0.273 e. The van der Waals surface area contributed by atoms with Gasteiger partial charge in [0.05, 0.1) is 4.92 Å². The van der Waals surface area contributed by atoms with Crippen molar-refractivity contribution in [2.45, 2.75) is 6.54 Å². The number of nitro groups is 1. The summed E-state index contributed by atoms with van der Waals surface area (Å²) in [4.78, 5) is 13.3. The standard InChI is InChI=1S/C8H9ClN4O2/c9-7-2-1-6(3-11-7)4-12-8(10)5-13(14)15/h1-3,5,12H,4,10H2/b8-5+. The van der Waals surface area contributed by atoms with Gasteiger partial charge in [-0.05, 0) is 11.6 Å². The fraction of sp³-hybridized carbons (Fsp3) is 0.125. The van der Waals surface area contributed by atoms with Gasteiger partial charge in [0.1, 0.15) is 5.15 Å². The molecule has 0 aliphatic carbocycles. The monoisotopic (exact) mass is 228 g/mol. The average molecular weight is 229 g/mol. The summed E-state index contributed by atoms with van der Waals surface area (Å²) in [6, 6.07) is 3.38. The van der Waals surface area contributed by atoms with E-state index in [0.717, 1.165) is 5.56 Å². The quantitative estimate of drug-likeness (QED) is 0.453. The molecule has 1 aromatic heterocycles. The van der Waals surface area contributed by atoms with Crippen LogP contribution in [0.1, 0.15) is 5.56 Å². The van der Waals surface area contributed by atoms with Crippen LogP contribution in [0.2, 0.25) is 5.15 Å². The second kappa shape index (κ2) is 5.16. The summed E-state index contributed by atoms with van der Waals surface area (Å²) in [7, 11) is 0. The zero-order chi connectivity index (χ0) is 11.3. The third-order valence-electron chi connectivity index (χ3n) is 1.53. The highest BCUT2D eigenvalue weighted by atomic mass is 35.5. The molecule has 6 nitrogen and oxygen atoms in total. The summed E-state index contributed by atoms with van der Waals surface area (Å²) in [6.45, 7) is 0.361. The molecule has 15 heavy (non-hydrogen) atoms. The number of pyridine rings is 1. The first-order valence-corrected chi connectivity index (χ1v) is 4.41. The molecule has 0 aromatic carbocycles. The minimum absolute atomic E-state index is 0.00468. The lowest BCUT2D eigenvalue weighted by Crippen LogP contribution is -2.20. The number of halogens is 1. The van der Waals surface area contributed by atoms with Crippen molar-refractivity contribution < 1.29 is 4.92 Å². The molecule has 0 unspecified atom stereocenters. The topological polar surface area (TPSA) is 94.1 Å². The van der Waals surface area contributed by atoms with Gasteiger partial charge in [0.2, 0.25) is 0 Å². The number of hydrogen-bond acceptors (Lipinski definition) is 5. The molecule has 80 valence electrons. The third kappa shape index (κ3) is 4.28. The fourth-order valence-corrected chi connectivity index (χ4v) is 0.986. The Hall–Kier alpha value is -1.82. The molecule has 0 fully saturated rings. The summed E-state index contributed by atoms with van der Waals surface area (Å²) in [5.41, 5.74) is 6.15. The van der Waals surface area contributed by atoms with Crippen LogP contribution in [0.25, 0.3) is 0 Å². The minimum atomic E-state index is -0.623. The summed E-state index contributed by atoms with van der Waals surface area (Å²) in [6.07, 6.45) is 2.26. The number of nitrogens with zero attached hydrogens (tertiary/aromatic N) is 2. The summed E-state index contributed by atoms with van der Waals surface area (Å²) in [5, 5.41) is 13.1. The molecule has 0 bridgehead atoms. The molecule has 3 N–H and O–H groups in total. The molecule has 0 atom stereocenters. The number of rotatable bonds is 4. The zero-order valence-electron chi connectivity index (χ0n) is 7.68. The number of nitrogens with two attached hydrogens (primary N) is 1. The van der Waals surface area contributed by atoms with Crippen molar-refractivity contribution >= 4 is 11.6 Å². The van der Waals surface area contributed by atoms with Crippen molar-refractivity contribution in [1.82, 2.24) is 10.3 Å². The molecule has 0 aliphatic heterocycles. The van der Waals surface area contributed by atoms with Gasteiger partial charge in [0.15, 0.2) is 5.82 Å². The van der Waals surface area contributed by atoms with Crippen LogP contribution in [-0.4, -0.2) is 9.91 Å². The molecule has 1 rings (SSSR count). The van der Waals surface area contributed by atoms with Gasteiger partial charge in [-0.1, -0.05) is 17.7 Å². The number of hydrogen-bond donors (Lipinski definition) is 2. The SMILES string of the molecule is N/C(=C\[N+](=O)[O-])NCc1ccc(Cl)nc1. The summed E-state index contributed by atoms with van der Waals surface area (Å²) in [5.74, 6) is -0.00468. The van der Waals surface area contributed by atoms with E-state index in [-0.39, 0.29) is 5.82 Å². The maximum absolute atomic E-state index is 10.0. The highest BCUT2D eigenvalue weighted by Crippen LogP contribution is 2.04. The van der Waals surface area contributed by atoms with E-state index in [1.54, 1.807) is 18.3 Å². The van der Waals surface area contributed by atoms with E-state index in [9.17, 15) is 10.1 Å². The van der Waals surface area contributed by atoms with Crippen LogP contribution in [0, 0.1) is 10.1 Å². The van der Waals surface area contributed by atoms with E-state index in [2.05, 4.69) is 10.3 Å². The fourth-order valence-electron chi connectivity index (χ4n) is 0.874. The Kier molecular flexibility index (Phi) is 3.87. The van der Waals surface area contributed by atoms with E-state index in [1.807, 2.05) is 0 Å². The van der Waals surface area contributed by atoms with Gasteiger partial charge >= 0.3 is 0 Å². The normalized spacial score (nSPS) is 11.1. The van der Waals surface area contributed by atoms with Crippen LogP contribution >= 0.6 is 11.6 Å². The maximum atomic E-state index is 10.0. The van der Waals surface area contributed by atoms with Crippen LogP contribution in [0.15, 0.2) is 30.4 Å². The Labute approximate surface area is 90.9 Å². The lowest BCUT2D eigenvalue weighted by molar-refractivity contribution is -0.403. The predicted molar refractivity (Wildman–Crippen MR) is 55.4 cm³/mol. The van der Waals surface area contributed by atoms with E-state index in [4.69, 9.17) is 17.3 Å². The Morgan fingerprint density at radius 2 is 2.47 bits per heavy atom. The van der Waals surface area contributed by atoms with Gasteiger partial charge in [-0.25, -0.2) is 4.98 Å². The summed E-state index contributed by atoms with van der Waals surface area (Å²) < 4.78 is 0. The van der Waals surface area contributed by atoms with Crippen LogP contribution in [0.3, 0.4) is 0 Å². The van der Waals surface area contributed by atoms with Crippen LogP contribution in [0.5, 0.6) is 0 Å². The Morgan fingerprint density at radius 3 is 3.00 bits per heavy atom. The minimum Gasteiger partial charge on any atom is -0.380 e. The highest BCUT2D eigenvalue weighted by molar-refractivity contribution is 6.29. The largest absolute Gasteiger partial charge is 0.380 e. The first kappa shape index (κ1) is 11.3. The van der Waals surface area contributed by atoms with Gasteiger partial charge in [0.25, 0.3) is 6.20 Å². The lowest BCUT2D eigenvalue weighted by atomic mass is 10.3. The molecule has 0 amide bonds. The Bertz CT molecular complexity index is 377. The van der Waals surface area contributed by atoms with Crippen LogP contribution in [-0.2, 0) is 6.54 Å². The zero-order valence-corrected chi connectivity index (χ0v) is 8.44. The second-order valence-corrected chi connectivity index (χ2v) is 3.10. The molecule has 0 saturated carbocycles. The Balaban J connectivity index is 2.50. The number of aromatic nitrogens is 1. The molecule has 7 heteroatoms. The lowest BCUT2D eigenvalue weighted by Gasteiger charge is -2.03. The van der Waals surface area contributed by atoms with Gasteiger partial charge in [0, 0.05) is 12.7 Å². The molecule has 0 spiro atoms. The molecule has 1 heterocycles. The first-order chi connectivity index (χ1) is 7.08. The van der Waals surface area contributed by atoms with Gasteiger partial charge in [-0.15, -0.1) is 0 Å². The van der Waals surface area contributed by atoms with Crippen molar-refractivity contribution in [3.05, 3.63) is 51.2 Å². The van der Waals surface area contributed by atoms with Crippen molar-refractivity contribution in [3.63, 3.8) is 0 Å². The van der Waals surface area contributed by atoms with Crippen molar-refractivity contribution in [3.8, 4) is 0 Å². The molecule has 0 saturated heterocycles.